The molecule has 0 aliphatic rings. The van der Waals surface area contributed by atoms with Crippen molar-refractivity contribution in [2.45, 2.75) is 12.6 Å². The molecule has 0 unspecified atom stereocenters. The van der Waals surface area contributed by atoms with Gasteiger partial charge in [-0.15, -0.1) is 0 Å². The van der Waals surface area contributed by atoms with E-state index in [0.717, 1.165) is 0 Å². The Labute approximate surface area is 96.8 Å². The van der Waals surface area contributed by atoms with Crippen LogP contribution in [0.5, 0.6) is 5.75 Å². The summed E-state index contributed by atoms with van der Waals surface area (Å²) in [6.07, 6.45) is -5.11. The lowest BCUT2D eigenvalue weighted by Gasteiger charge is -2.12. The van der Waals surface area contributed by atoms with E-state index in [0.29, 0.717) is 17.0 Å². The van der Waals surface area contributed by atoms with Gasteiger partial charge in [0.1, 0.15) is 5.75 Å². The van der Waals surface area contributed by atoms with Crippen LogP contribution in [0, 0.1) is 11.3 Å². The van der Waals surface area contributed by atoms with E-state index in [1.165, 1.54) is 25.3 Å². The van der Waals surface area contributed by atoms with E-state index in [4.69, 9.17) is 10.00 Å². The Morgan fingerprint density at radius 3 is 2.65 bits per heavy atom. The number of halogens is 3. The normalized spacial score (nSPS) is 10.8. The number of nitriles is 1. The number of rotatable bonds is 4. The average Bonchev–Trinajstić information content (AvgIpc) is 2.27. The maximum absolute atomic E-state index is 11.9. The highest BCUT2D eigenvalue weighted by atomic mass is 19.4. The molecule has 0 aliphatic carbocycles. The molecule has 0 amide bonds. The van der Waals surface area contributed by atoms with Crippen molar-refractivity contribution < 1.29 is 17.9 Å². The number of benzene rings is 1. The SMILES string of the molecule is COc1cc(C#N)ccc1NCCC(F)(F)F. The van der Waals surface area contributed by atoms with Crippen LogP contribution in [0.25, 0.3) is 0 Å². The number of alkyl halides is 3. The average molecular weight is 244 g/mol. The highest BCUT2D eigenvalue weighted by Gasteiger charge is 2.26. The second-order valence-electron chi connectivity index (χ2n) is 3.32. The summed E-state index contributed by atoms with van der Waals surface area (Å²) in [6.45, 7) is -0.230. The van der Waals surface area contributed by atoms with Crippen LogP contribution >= 0.6 is 0 Å². The number of methoxy groups -OCH3 is 1. The van der Waals surface area contributed by atoms with Crippen LogP contribution in [0.15, 0.2) is 18.2 Å². The highest BCUT2D eigenvalue weighted by Crippen LogP contribution is 2.26. The van der Waals surface area contributed by atoms with E-state index in [1.54, 1.807) is 0 Å². The molecule has 3 nitrogen and oxygen atoms in total. The van der Waals surface area contributed by atoms with Gasteiger partial charge in [-0.3, -0.25) is 0 Å². The van der Waals surface area contributed by atoms with E-state index in [-0.39, 0.29) is 6.54 Å². The summed E-state index contributed by atoms with van der Waals surface area (Å²) in [5, 5.41) is 11.3. The van der Waals surface area contributed by atoms with Gasteiger partial charge in [0.25, 0.3) is 0 Å². The van der Waals surface area contributed by atoms with Gasteiger partial charge in [-0.05, 0) is 12.1 Å². The molecule has 1 aromatic rings. The first-order valence-electron chi connectivity index (χ1n) is 4.85. The van der Waals surface area contributed by atoms with Gasteiger partial charge in [0.2, 0.25) is 0 Å². The largest absolute Gasteiger partial charge is 0.495 e. The second kappa shape index (κ2) is 5.43. The molecule has 0 radical (unpaired) electrons. The molecule has 6 heteroatoms. The molecule has 1 aromatic carbocycles. The lowest BCUT2D eigenvalue weighted by Crippen LogP contribution is -2.14. The van der Waals surface area contributed by atoms with Crippen molar-refractivity contribution in [1.29, 1.82) is 5.26 Å². The van der Waals surface area contributed by atoms with Crippen LogP contribution in [-0.2, 0) is 0 Å². The molecule has 0 aliphatic heterocycles. The van der Waals surface area contributed by atoms with Crippen molar-refractivity contribution in [2.24, 2.45) is 0 Å². The van der Waals surface area contributed by atoms with Crippen molar-refractivity contribution in [3.05, 3.63) is 23.8 Å². The van der Waals surface area contributed by atoms with E-state index in [1.807, 2.05) is 6.07 Å². The van der Waals surface area contributed by atoms with Crippen molar-refractivity contribution in [3.63, 3.8) is 0 Å². The number of hydrogen-bond acceptors (Lipinski definition) is 3. The summed E-state index contributed by atoms with van der Waals surface area (Å²) in [5.74, 6) is 0.353. The summed E-state index contributed by atoms with van der Waals surface area (Å²) in [4.78, 5) is 0. The Morgan fingerprint density at radius 2 is 2.12 bits per heavy atom. The zero-order chi connectivity index (χ0) is 12.9. The maximum Gasteiger partial charge on any atom is 0.390 e. The van der Waals surface area contributed by atoms with Gasteiger partial charge >= 0.3 is 6.18 Å². The zero-order valence-electron chi connectivity index (χ0n) is 9.14. The molecule has 0 saturated heterocycles. The molecular weight excluding hydrogens is 233 g/mol. The van der Waals surface area contributed by atoms with E-state index >= 15 is 0 Å². The predicted octanol–water partition coefficient (Wildman–Crippen LogP) is 2.93. The Morgan fingerprint density at radius 1 is 1.41 bits per heavy atom. The summed E-state index contributed by atoms with van der Waals surface area (Å²) in [6, 6.07) is 6.42. The molecular formula is C11H11F3N2O. The standard InChI is InChI=1S/C11H11F3N2O/c1-17-10-6-8(7-15)2-3-9(10)16-5-4-11(12,13)14/h2-3,6,16H,4-5H2,1H3. The minimum atomic E-state index is -4.19. The monoisotopic (exact) mass is 244 g/mol. The van der Waals surface area contributed by atoms with Crippen molar-refractivity contribution in [1.82, 2.24) is 0 Å². The lowest BCUT2D eigenvalue weighted by atomic mass is 10.2. The summed E-state index contributed by atoms with van der Waals surface area (Å²) >= 11 is 0. The Bertz CT molecular complexity index is 424. The van der Waals surface area contributed by atoms with Crippen LogP contribution in [0.4, 0.5) is 18.9 Å². The van der Waals surface area contributed by atoms with Gasteiger partial charge in [-0.25, -0.2) is 0 Å². The van der Waals surface area contributed by atoms with Crippen molar-refractivity contribution in [2.75, 3.05) is 19.0 Å². The molecule has 0 saturated carbocycles. The van der Waals surface area contributed by atoms with Crippen LogP contribution in [0.3, 0.4) is 0 Å². The maximum atomic E-state index is 11.9. The zero-order valence-corrected chi connectivity index (χ0v) is 9.14. The summed E-state index contributed by atoms with van der Waals surface area (Å²) in [5.41, 5.74) is 0.832. The van der Waals surface area contributed by atoms with Gasteiger partial charge in [-0.2, -0.15) is 18.4 Å². The lowest BCUT2D eigenvalue weighted by molar-refractivity contribution is -0.131. The number of anilines is 1. The molecule has 0 atom stereocenters. The van der Waals surface area contributed by atoms with E-state index in [2.05, 4.69) is 5.32 Å². The Hall–Kier alpha value is -1.90. The highest BCUT2D eigenvalue weighted by molar-refractivity contribution is 5.59. The third-order valence-corrected chi connectivity index (χ3v) is 2.05. The van der Waals surface area contributed by atoms with Crippen molar-refractivity contribution in [3.8, 4) is 11.8 Å². The fourth-order valence-corrected chi connectivity index (χ4v) is 1.25. The number of ether oxygens (including phenoxy) is 1. The first-order valence-corrected chi connectivity index (χ1v) is 4.85. The predicted molar refractivity (Wildman–Crippen MR) is 56.9 cm³/mol. The third-order valence-electron chi connectivity index (χ3n) is 2.05. The van der Waals surface area contributed by atoms with Gasteiger partial charge in [-0.1, -0.05) is 0 Å². The first-order chi connectivity index (χ1) is 7.96. The first kappa shape index (κ1) is 13.2. The van der Waals surface area contributed by atoms with Crippen LogP contribution in [0.1, 0.15) is 12.0 Å². The van der Waals surface area contributed by atoms with Crippen LogP contribution in [-0.4, -0.2) is 19.8 Å². The van der Waals surface area contributed by atoms with Crippen LogP contribution < -0.4 is 10.1 Å². The topological polar surface area (TPSA) is 45.0 Å². The van der Waals surface area contributed by atoms with Crippen molar-refractivity contribution >= 4 is 5.69 Å². The molecule has 1 rings (SSSR count). The van der Waals surface area contributed by atoms with E-state index < -0.39 is 12.6 Å². The fraction of sp³-hybridized carbons (Fsp3) is 0.364. The Balaban J connectivity index is 2.68. The van der Waals surface area contributed by atoms with Gasteiger partial charge in [0, 0.05) is 12.6 Å². The molecule has 0 spiro atoms. The smallest absolute Gasteiger partial charge is 0.390 e. The quantitative estimate of drug-likeness (QED) is 0.885. The molecule has 0 aromatic heterocycles. The third kappa shape index (κ3) is 4.23. The molecule has 17 heavy (non-hydrogen) atoms. The number of nitrogens with zero attached hydrogens (tertiary/aromatic N) is 1. The minimum Gasteiger partial charge on any atom is -0.495 e. The molecule has 0 bridgehead atoms. The van der Waals surface area contributed by atoms with Crippen LogP contribution in [0.2, 0.25) is 0 Å². The Kier molecular flexibility index (Phi) is 4.21. The van der Waals surface area contributed by atoms with Gasteiger partial charge < -0.3 is 10.1 Å². The minimum absolute atomic E-state index is 0.230. The van der Waals surface area contributed by atoms with E-state index in [9.17, 15) is 13.2 Å². The number of nitrogens with one attached hydrogen (secondary N) is 1. The van der Waals surface area contributed by atoms with Gasteiger partial charge in [0.05, 0.1) is 30.9 Å². The van der Waals surface area contributed by atoms with Gasteiger partial charge in [0.15, 0.2) is 0 Å². The summed E-state index contributed by atoms with van der Waals surface area (Å²) in [7, 11) is 1.39. The molecule has 1 N–H and O–H groups in total. The number of hydrogen-bond donors (Lipinski definition) is 1. The molecule has 0 heterocycles. The second-order valence-corrected chi connectivity index (χ2v) is 3.32. The fourth-order valence-electron chi connectivity index (χ4n) is 1.25. The summed E-state index contributed by atoms with van der Waals surface area (Å²) < 4.78 is 40.8. The molecule has 92 valence electrons. The molecule has 0 fully saturated rings.